The molecule has 13 aromatic carbocycles. The number of hydrogen-bond donors (Lipinski definition) is 0. The highest BCUT2D eigenvalue weighted by Gasteiger charge is 2.25. The van der Waals surface area contributed by atoms with Gasteiger partial charge in [-0.3, -0.25) is 0 Å². The highest BCUT2D eigenvalue weighted by molar-refractivity contribution is 6.33. The molecule has 13 rings (SSSR count). The molecule has 0 amide bonds. The molecule has 0 N–H and O–H groups in total. The lowest BCUT2D eigenvalue weighted by atomic mass is 9.81. The summed E-state index contributed by atoms with van der Waals surface area (Å²) in [6.07, 6.45) is 0. The Bertz CT molecular complexity index is 3940. The van der Waals surface area contributed by atoms with Crippen molar-refractivity contribution in [2.24, 2.45) is 0 Å². The van der Waals surface area contributed by atoms with E-state index in [1.54, 1.807) is 0 Å². The molecule has 13 aromatic rings. The fraction of sp³-hybridized carbons (Fsp3) is 0. The molecule has 0 aliphatic carbocycles. The Balaban J connectivity index is 1.16. The van der Waals surface area contributed by atoms with E-state index in [0.717, 1.165) is 67.7 Å². The second-order valence-electron chi connectivity index (χ2n) is 18.9. The van der Waals surface area contributed by atoms with E-state index in [-0.39, 0.29) is 0 Å². The second kappa shape index (κ2) is 19.9. The summed E-state index contributed by atoms with van der Waals surface area (Å²) in [4.78, 5) is 7.08. The van der Waals surface area contributed by atoms with Gasteiger partial charge in [0, 0.05) is 51.2 Å². The first-order chi connectivity index (χ1) is 37.2. The van der Waals surface area contributed by atoms with Gasteiger partial charge in [-0.15, -0.1) is 0 Å². The molecule has 3 heteroatoms. The molecule has 0 spiro atoms. The van der Waals surface area contributed by atoms with Gasteiger partial charge < -0.3 is 14.7 Å². The molecule has 354 valence electrons. The number of benzene rings is 13. The third kappa shape index (κ3) is 8.52. The van der Waals surface area contributed by atoms with Gasteiger partial charge in [-0.05, 0) is 181 Å². The van der Waals surface area contributed by atoms with Crippen LogP contribution in [0.3, 0.4) is 0 Å². The van der Waals surface area contributed by atoms with Crippen LogP contribution in [-0.2, 0) is 0 Å². The van der Waals surface area contributed by atoms with Gasteiger partial charge in [0.1, 0.15) is 0 Å². The topological polar surface area (TPSA) is 9.72 Å². The molecule has 0 aliphatic rings. The van der Waals surface area contributed by atoms with E-state index < -0.39 is 0 Å². The van der Waals surface area contributed by atoms with Crippen LogP contribution in [0.2, 0.25) is 0 Å². The van der Waals surface area contributed by atoms with Crippen LogP contribution in [0, 0.1) is 0 Å². The van der Waals surface area contributed by atoms with Crippen LogP contribution < -0.4 is 14.7 Å². The molecule has 75 heavy (non-hydrogen) atoms. The summed E-state index contributed by atoms with van der Waals surface area (Å²) in [6, 6.07) is 112. The maximum Gasteiger partial charge on any atom is 0.0468 e. The molecule has 0 atom stereocenters. The number of hydrogen-bond acceptors (Lipinski definition) is 3. The first kappa shape index (κ1) is 44.9. The second-order valence-corrected chi connectivity index (χ2v) is 18.9. The zero-order valence-corrected chi connectivity index (χ0v) is 41.3. The van der Waals surface area contributed by atoms with Crippen molar-refractivity contribution in [1.82, 2.24) is 0 Å². The molecule has 0 aromatic heterocycles. The Morgan fingerprint density at radius 3 is 0.813 bits per heavy atom. The molecular formula is C72H51N3. The fourth-order valence-electron chi connectivity index (χ4n) is 11.0. The standard InChI is InChI=1S/C72H51N3/c1-9-25-52(26-10-1)66-51-67(53-27-11-2-12-28-53)71-64-47-45-62(74(57-33-17-5-18-34-57)58-35-19-6-20-36-58)49-68(64)69-50-63(75(59-37-21-7-22-38-59)60-39-23-8-24-40-60)46-48-65(69)72(71)70(66)54-41-43-61(44-42-54)73(55-29-13-3-14-30-55)56-31-15-4-16-32-56/h1-51H. The maximum absolute atomic E-state index is 2.46. The lowest BCUT2D eigenvalue weighted by Crippen LogP contribution is -2.10. The van der Waals surface area contributed by atoms with Gasteiger partial charge in [0.05, 0.1) is 0 Å². The number of rotatable bonds is 12. The Morgan fingerprint density at radius 2 is 0.453 bits per heavy atom. The van der Waals surface area contributed by atoms with Crippen molar-refractivity contribution < 1.29 is 0 Å². The predicted octanol–water partition coefficient (Wildman–Crippen LogP) is 20.6. The zero-order valence-electron chi connectivity index (χ0n) is 41.3. The zero-order chi connectivity index (χ0) is 49.9. The molecule has 0 unspecified atom stereocenters. The Labute approximate surface area is 438 Å². The van der Waals surface area contributed by atoms with Crippen LogP contribution >= 0.6 is 0 Å². The van der Waals surface area contributed by atoms with Crippen LogP contribution in [0.4, 0.5) is 51.2 Å². The monoisotopic (exact) mass is 957 g/mol. The number of nitrogens with zero attached hydrogens (tertiary/aromatic N) is 3. The number of para-hydroxylation sites is 6. The fourth-order valence-corrected chi connectivity index (χ4v) is 11.0. The molecule has 0 fully saturated rings. The Hall–Kier alpha value is -9.96. The minimum Gasteiger partial charge on any atom is -0.311 e. The normalized spacial score (nSPS) is 11.2. The minimum absolute atomic E-state index is 1.07. The lowest BCUT2D eigenvalue weighted by Gasteiger charge is -2.28. The average molecular weight is 958 g/mol. The summed E-state index contributed by atoms with van der Waals surface area (Å²) >= 11 is 0. The lowest BCUT2D eigenvalue weighted by molar-refractivity contribution is 1.28. The van der Waals surface area contributed by atoms with Crippen molar-refractivity contribution in [2.75, 3.05) is 14.7 Å². The predicted molar refractivity (Wildman–Crippen MR) is 319 cm³/mol. The van der Waals surface area contributed by atoms with E-state index >= 15 is 0 Å². The van der Waals surface area contributed by atoms with Gasteiger partial charge in [0.25, 0.3) is 0 Å². The van der Waals surface area contributed by atoms with Crippen LogP contribution in [-0.4, -0.2) is 0 Å². The van der Waals surface area contributed by atoms with Gasteiger partial charge in [-0.2, -0.15) is 0 Å². The van der Waals surface area contributed by atoms with Crippen molar-refractivity contribution in [1.29, 1.82) is 0 Å². The summed E-state index contributed by atoms with van der Waals surface area (Å²) in [5.74, 6) is 0. The number of anilines is 9. The van der Waals surface area contributed by atoms with Gasteiger partial charge in [0.2, 0.25) is 0 Å². The van der Waals surface area contributed by atoms with E-state index in [2.05, 4.69) is 324 Å². The van der Waals surface area contributed by atoms with Crippen molar-refractivity contribution in [3.8, 4) is 33.4 Å². The molecule has 0 saturated heterocycles. The van der Waals surface area contributed by atoms with E-state index in [4.69, 9.17) is 0 Å². The Kier molecular flexibility index (Phi) is 11.9. The molecular weight excluding hydrogens is 907 g/mol. The molecule has 0 bridgehead atoms. The van der Waals surface area contributed by atoms with Gasteiger partial charge >= 0.3 is 0 Å². The number of fused-ring (bicyclic) bond motifs is 6. The van der Waals surface area contributed by atoms with Crippen LogP contribution in [0.1, 0.15) is 0 Å². The van der Waals surface area contributed by atoms with Gasteiger partial charge in [-0.25, -0.2) is 0 Å². The van der Waals surface area contributed by atoms with Crippen LogP contribution in [0.5, 0.6) is 0 Å². The van der Waals surface area contributed by atoms with E-state index in [1.165, 1.54) is 49.2 Å². The van der Waals surface area contributed by atoms with E-state index in [1.807, 2.05) is 0 Å². The molecule has 0 aliphatic heterocycles. The first-order valence-corrected chi connectivity index (χ1v) is 25.7. The van der Waals surface area contributed by atoms with Gasteiger partial charge in [-0.1, -0.05) is 194 Å². The largest absolute Gasteiger partial charge is 0.311 e. The van der Waals surface area contributed by atoms with Crippen molar-refractivity contribution in [3.05, 3.63) is 309 Å². The van der Waals surface area contributed by atoms with Gasteiger partial charge in [0.15, 0.2) is 0 Å². The maximum atomic E-state index is 2.46. The summed E-state index contributed by atoms with van der Waals surface area (Å²) in [6.45, 7) is 0. The smallest absolute Gasteiger partial charge is 0.0468 e. The third-order valence-corrected chi connectivity index (χ3v) is 14.3. The Morgan fingerprint density at radius 1 is 0.173 bits per heavy atom. The highest BCUT2D eigenvalue weighted by atomic mass is 15.2. The van der Waals surface area contributed by atoms with Crippen molar-refractivity contribution >= 4 is 83.5 Å². The molecule has 0 saturated carbocycles. The van der Waals surface area contributed by atoms with Crippen LogP contribution in [0.15, 0.2) is 309 Å². The third-order valence-electron chi connectivity index (χ3n) is 14.3. The molecule has 0 radical (unpaired) electrons. The van der Waals surface area contributed by atoms with Crippen molar-refractivity contribution in [2.45, 2.75) is 0 Å². The quantitative estimate of drug-likeness (QED) is 0.113. The van der Waals surface area contributed by atoms with E-state index in [0.29, 0.717) is 0 Å². The molecule has 0 heterocycles. The summed E-state index contributed by atoms with van der Waals surface area (Å²) < 4.78 is 0. The average Bonchev–Trinajstić information content (AvgIpc) is 3.54. The van der Waals surface area contributed by atoms with E-state index in [9.17, 15) is 0 Å². The van der Waals surface area contributed by atoms with Crippen molar-refractivity contribution in [3.63, 3.8) is 0 Å². The SMILES string of the molecule is c1ccc(-c2cc(-c3ccccc3)c3c4ccc(N(c5ccccc5)c5ccccc5)cc4c4cc(N(c5ccccc5)c5ccccc5)ccc4c3c2-c2ccc(N(c3ccccc3)c3ccccc3)cc2)cc1. The van der Waals surface area contributed by atoms with Crippen LogP contribution in [0.25, 0.3) is 65.7 Å². The highest BCUT2D eigenvalue weighted by Crippen LogP contribution is 2.52. The first-order valence-electron chi connectivity index (χ1n) is 25.7. The summed E-state index contributed by atoms with van der Waals surface area (Å²) in [5.41, 5.74) is 16.8. The molecule has 3 nitrogen and oxygen atoms in total. The minimum atomic E-state index is 1.07. The summed E-state index contributed by atoms with van der Waals surface area (Å²) in [7, 11) is 0. The summed E-state index contributed by atoms with van der Waals surface area (Å²) in [5, 5.41) is 7.11.